The second kappa shape index (κ2) is 6.50. The van der Waals surface area contributed by atoms with Gasteiger partial charge in [0.05, 0.1) is 18.9 Å². The van der Waals surface area contributed by atoms with Gasteiger partial charge in [0.25, 0.3) is 0 Å². The molecule has 1 heterocycles. The fraction of sp³-hybridized carbons (Fsp3) is 0.353. The molecule has 0 radical (unpaired) electrons. The SMILES string of the molecule is COc1ccc([C@H]2CC(=O)C[C@@H](c3cccs3)[C@@H]2[N+](=O)[O-])cc1. The van der Waals surface area contributed by atoms with Crippen molar-refractivity contribution in [1.82, 2.24) is 0 Å². The van der Waals surface area contributed by atoms with Crippen molar-refractivity contribution in [3.8, 4) is 5.75 Å². The molecule has 0 spiro atoms. The van der Waals surface area contributed by atoms with Crippen LogP contribution in [0.15, 0.2) is 41.8 Å². The largest absolute Gasteiger partial charge is 0.497 e. The fourth-order valence-electron chi connectivity index (χ4n) is 3.33. The van der Waals surface area contributed by atoms with E-state index in [2.05, 4.69) is 0 Å². The van der Waals surface area contributed by atoms with Crippen LogP contribution in [0.4, 0.5) is 0 Å². The monoisotopic (exact) mass is 331 g/mol. The summed E-state index contributed by atoms with van der Waals surface area (Å²) in [5, 5.41) is 13.6. The van der Waals surface area contributed by atoms with E-state index in [4.69, 9.17) is 4.74 Å². The van der Waals surface area contributed by atoms with Crippen molar-refractivity contribution >= 4 is 17.1 Å². The number of nitrogens with zero attached hydrogens (tertiary/aromatic N) is 1. The summed E-state index contributed by atoms with van der Waals surface area (Å²) in [5.41, 5.74) is 0.821. The van der Waals surface area contributed by atoms with E-state index in [1.807, 2.05) is 29.6 Å². The first-order valence-electron chi connectivity index (χ1n) is 7.42. The fourth-order valence-corrected chi connectivity index (χ4v) is 4.20. The van der Waals surface area contributed by atoms with Gasteiger partial charge in [-0.3, -0.25) is 14.9 Å². The summed E-state index contributed by atoms with van der Waals surface area (Å²) in [7, 11) is 1.58. The maximum atomic E-state index is 12.2. The molecular weight excluding hydrogens is 314 g/mol. The highest BCUT2D eigenvalue weighted by molar-refractivity contribution is 7.10. The van der Waals surface area contributed by atoms with Crippen LogP contribution < -0.4 is 4.74 Å². The lowest BCUT2D eigenvalue weighted by atomic mass is 9.73. The Kier molecular flexibility index (Phi) is 4.43. The molecule has 6 heteroatoms. The van der Waals surface area contributed by atoms with E-state index >= 15 is 0 Å². The third-order valence-electron chi connectivity index (χ3n) is 4.42. The molecule has 0 amide bonds. The summed E-state index contributed by atoms with van der Waals surface area (Å²) in [6, 6.07) is 10.2. The number of carbonyl (C=O) groups is 1. The molecule has 0 N–H and O–H groups in total. The number of hydrogen-bond acceptors (Lipinski definition) is 5. The Morgan fingerprint density at radius 1 is 1.17 bits per heavy atom. The molecule has 0 saturated heterocycles. The number of hydrogen-bond donors (Lipinski definition) is 0. The first-order chi connectivity index (χ1) is 11.1. The van der Waals surface area contributed by atoms with E-state index < -0.39 is 12.0 Å². The molecule has 2 aromatic rings. The molecule has 0 aliphatic heterocycles. The first kappa shape index (κ1) is 15.7. The van der Waals surface area contributed by atoms with Crippen LogP contribution in [0.2, 0.25) is 0 Å². The first-order valence-corrected chi connectivity index (χ1v) is 8.30. The molecule has 3 rings (SSSR count). The number of Topliss-reactive ketones (excluding diaryl/α,β-unsaturated/α-hetero) is 1. The maximum Gasteiger partial charge on any atom is 0.228 e. The summed E-state index contributed by atoms with van der Waals surface area (Å²) in [5.74, 6) is 0.0354. The highest BCUT2D eigenvalue weighted by Gasteiger charge is 2.46. The summed E-state index contributed by atoms with van der Waals surface area (Å²) in [6.45, 7) is 0. The van der Waals surface area contributed by atoms with Crippen molar-refractivity contribution in [1.29, 1.82) is 0 Å². The average Bonchev–Trinajstić information content (AvgIpc) is 3.08. The lowest BCUT2D eigenvalue weighted by Gasteiger charge is -2.31. The number of nitro groups is 1. The van der Waals surface area contributed by atoms with E-state index in [1.165, 1.54) is 11.3 Å². The Hall–Kier alpha value is -2.21. The highest BCUT2D eigenvalue weighted by atomic mass is 32.1. The molecule has 3 atom stereocenters. The molecule has 1 aromatic heterocycles. The van der Waals surface area contributed by atoms with E-state index in [-0.39, 0.29) is 29.5 Å². The van der Waals surface area contributed by atoms with Gasteiger partial charge in [0.1, 0.15) is 11.5 Å². The summed E-state index contributed by atoms with van der Waals surface area (Å²) in [6.07, 6.45) is 0.471. The van der Waals surface area contributed by atoms with Gasteiger partial charge in [-0.2, -0.15) is 0 Å². The van der Waals surface area contributed by atoms with Crippen molar-refractivity contribution in [3.63, 3.8) is 0 Å². The van der Waals surface area contributed by atoms with Crippen molar-refractivity contribution in [2.45, 2.75) is 30.7 Å². The third kappa shape index (κ3) is 3.12. The number of carbonyl (C=O) groups excluding carboxylic acids is 1. The number of benzene rings is 1. The molecule has 1 fully saturated rings. The van der Waals surface area contributed by atoms with Crippen molar-refractivity contribution in [3.05, 3.63) is 62.3 Å². The summed E-state index contributed by atoms with van der Waals surface area (Å²) >= 11 is 1.48. The molecule has 1 saturated carbocycles. The average molecular weight is 331 g/mol. The van der Waals surface area contributed by atoms with Crippen LogP contribution in [0.5, 0.6) is 5.75 Å². The van der Waals surface area contributed by atoms with Crippen LogP contribution in [-0.2, 0) is 4.79 Å². The van der Waals surface area contributed by atoms with Crippen LogP contribution in [0.25, 0.3) is 0 Å². The van der Waals surface area contributed by atoms with E-state index in [1.54, 1.807) is 19.2 Å². The van der Waals surface area contributed by atoms with E-state index in [0.29, 0.717) is 5.75 Å². The molecule has 0 unspecified atom stereocenters. The number of rotatable bonds is 4. The minimum absolute atomic E-state index is 0.0855. The lowest BCUT2D eigenvalue weighted by molar-refractivity contribution is -0.532. The van der Waals surface area contributed by atoms with Gasteiger partial charge in [-0.05, 0) is 29.1 Å². The zero-order valence-electron chi connectivity index (χ0n) is 12.7. The molecule has 1 aromatic carbocycles. The van der Waals surface area contributed by atoms with Gasteiger partial charge in [-0.1, -0.05) is 18.2 Å². The van der Waals surface area contributed by atoms with Gasteiger partial charge in [-0.15, -0.1) is 11.3 Å². The van der Waals surface area contributed by atoms with Crippen molar-refractivity contribution < 1.29 is 14.5 Å². The minimum atomic E-state index is -0.778. The minimum Gasteiger partial charge on any atom is -0.497 e. The molecule has 120 valence electrons. The Morgan fingerprint density at radius 3 is 2.43 bits per heavy atom. The van der Waals surface area contributed by atoms with Crippen LogP contribution in [0.1, 0.15) is 35.1 Å². The standard InChI is InChI=1S/C17H17NO4S/c1-22-13-6-4-11(5-7-13)14-9-12(19)10-15(17(14)18(20)21)16-3-2-8-23-16/h2-8,14-15,17H,9-10H2,1H3/t14-,15+,17-/m1/s1. The normalized spacial score (nSPS) is 24.4. The van der Waals surface area contributed by atoms with Gasteiger partial charge in [0, 0.05) is 22.6 Å². The van der Waals surface area contributed by atoms with Gasteiger partial charge in [0.15, 0.2) is 0 Å². The lowest BCUT2D eigenvalue weighted by Crippen LogP contribution is -2.40. The van der Waals surface area contributed by atoms with Crippen molar-refractivity contribution in [2.75, 3.05) is 7.11 Å². The second-order valence-corrected chi connectivity index (χ2v) is 6.70. The maximum absolute atomic E-state index is 12.2. The summed E-state index contributed by atoms with van der Waals surface area (Å²) < 4.78 is 5.13. The Labute approximate surface area is 138 Å². The Morgan fingerprint density at radius 2 is 1.87 bits per heavy atom. The number of ketones is 1. The predicted molar refractivity (Wildman–Crippen MR) is 87.8 cm³/mol. The number of methoxy groups -OCH3 is 1. The quantitative estimate of drug-likeness (QED) is 0.633. The van der Waals surface area contributed by atoms with Crippen LogP contribution >= 0.6 is 11.3 Å². The van der Waals surface area contributed by atoms with Gasteiger partial charge in [-0.25, -0.2) is 0 Å². The molecule has 5 nitrogen and oxygen atoms in total. The summed E-state index contributed by atoms with van der Waals surface area (Å²) in [4.78, 5) is 24.6. The van der Waals surface area contributed by atoms with Gasteiger partial charge in [0.2, 0.25) is 6.04 Å². The van der Waals surface area contributed by atoms with Crippen LogP contribution in [0.3, 0.4) is 0 Å². The van der Waals surface area contributed by atoms with Crippen LogP contribution in [-0.4, -0.2) is 23.9 Å². The van der Waals surface area contributed by atoms with Gasteiger partial charge < -0.3 is 4.74 Å². The molecule has 0 bridgehead atoms. The third-order valence-corrected chi connectivity index (χ3v) is 5.42. The Bertz CT molecular complexity index is 696. The molecule has 1 aliphatic carbocycles. The smallest absolute Gasteiger partial charge is 0.228 e. The Balaban J connectivity index is 1.98. The van der Waals surface area contributed by atoms with Gasteiger partial charge >= 0.3 is 0 Å². The number of thiophene rings is 1. The molecular formula is C17H17NO4S. The second-order valence-electron chi connectivity index (χ2n) is 5.72. The zero-order chi connectivity index (χ0) is 16.4. The van der Waals surface area contributed by atoms with E-state index in [0.717, 1.165) is 10.4 Å². The zero-order valence-corrected chi connectivity index (χ0v) is 13.5. The van der Waals surface area contributed by atoms with E-state index in [9.17, 15) is 14.9 Å². The number of ether oxygens (including phenoxy) is 1. The molecule has 23 heavy (non-hydrogen) atoms. The predicted octanol–water partition coefficient (Wildman–Crippen LogP) is 3.63. The molecule has 1 aliphatic rings. The van der Waals surface area contributed by atoms with Crippen LogP contribution in [0, 0.1) is 10.1 Å². The topological polar surface area (TPSA) is 69.4 Å². The highest BCUT2D eigenvalue weighted by Crippen LogP contribution is 2.43. The van der Waals surface area contributed by atoms with Crippen molar-refractivity contribution in [2.24, 2.45) is 0 Å².